The summed E-state index contributed by atoms with van der Waals surface area (Å²) in [6, 6.07) is 0.387. The molecule has 2 amide bonds. The first-order valence-corrected chi connectivity index (χ1v) is 4.33. The number of hydrogen-bond donors (Lipinski definition) is 1. The van der Waals surface area contributed by atoms with Crippen LogP contribution in [0.15, 0.2) is 0 Å². The van der Waals surface area contributed by atoms with Crippen LogP contribution in [0.1, 0.15) is 12.8 Å². The van der Waals surface area contributed by atoms with Gasteiger partial charge in [-0.2, -0.15) is 0 Å². The molecular formula is C8H19Cl2N3O. The Bertz CT molecular complexity index is 170. The van der Waals surface area contributed by atoms with Crippen molar-refractivity contribution in [1.29, 1.82) is 0 Å². The standard InChI is InChI=1S/C8H17N3O.2ClH/c1-10(2)8(12)11-5-3-7(9)4-6-11;;/h7H,3-6,9H2,1-2H3;2*1H. The quantitative estimate of drug-likeness (QED) is 0.689. The van der Waals surface area contributed by atoms with E-state index in [1.807, 2.05) is 4.90 Å². The summed E-state index contributed by atoms with van der Waals surface area (Å²) in [5.41, 5.74) is 5.72. The Morgan fingerprint density at radius 1 is 1.29 bits per heavy atom. The summed E-state index contributed by atoms with van der Waals surface area (Å²) in [6.45, 7) is 1.61. The van der Waals surface area contributed by atoms with Crippen LogP contribution in [0.2, 0.25) is 0 Å². The van der Waals surface area contributed by atoms with E-state index < -0.39 is 0 Å². The second kappa shape index (κ2) is 7.15. The molecule has 86 valence electrons. The van der Waals surface area contributed by atoms with Gasteiger partial charge in [0.1, 0.15) is 0 Å². The number of hydrogen-bond acceptors (Lipinski definition) is 2. The van der Waals surface area contributed by atoms with Gasteiger partial charge in [0.25, 0.3) is 0 Å². The summed E-state index contributed by atoms with van der Waals surface area (Å²) in [4.78, 5) is 14.9. The highest BCUT2D eigenvalue weighted by Crippen LogP contribution is 2.09. The van der Waals surface area contributed by atoms with Crippen LogP contribution in [0.3, 0.4) is 0 Å². The van der Waals surface area contributed by atoms with Gasteiger partial charge >= 0.3 is 6.03 Å². The predicted molar refractivity (Wildman–Crippen MR) is 62.4 cm³/mol. The molecule has 0 saturated carbocycles. The molecule has 1 heterocycles. The fourth-order valence-electron chi connectivity index (χ4n) is 1.37. The molecule has 0 bridgehead atoms. The minimum absolute atomic E-state index is 0. The number of carbonyl (C=O) groups excluding carboxylic acids is 1. The van der Waals surface area contributed by atoms with E-state index in [9.17, 15) is 4.79 Å². The summed E-state index contributed by atoms with van der Waals surface area (Å²) in [7, 11) is 3.55. The molecule has 1 aliphatic heterocycles. The minimum atomic E-state index is 0. The van der Waals surface area contributed by atoms with Gasteiger partial charge in [-0.3, -0.25) is 0 Å². The summed E-state index contributed by atoms with van der Waals surface area (Å²) >= 11 is 0. The molecule has 1 rings (SSSR count). The van der Waals surface area contributed by atoms with Crippen LogP contribution in [0.4, 0.5) is 4.79 Å². The van der Waals surface area contributed by atoms with E-state index in [2.05, 4.69) is 0 Å². The zero-order valence-electron chi connectivity index (χ0n) is 8.60. The van der Waals surface area contributed by atoms with E-state index in [1.54, 1.807) is 19.0 Å². The number of nitrogens with two attached hydrogens (primary N) is 1. The molecule has 14 heavy (non-hydrogen) atoms. The molecule has 0 radical (unpaired) electrons. The van der Waals surface area contributed by atoms with Gasteiger partial charge in [-0.1, -0.05) is 0 Å². The fraction of sp³-hybridized carbons (Fsp3) is 0.875. The van der Waals surface area contributed by atoms with Gasteiger partial charge < -0.3 is 15.5 Å². The predicted octanol–water partition coefficient (Wildman–Crippen LogP) is 0.935. The van der Waals surface area contributed by atoms with Gasteiger partial charge in [0.15, 0.2) is 0 Å². The van der Waals surface area contributed by atoms with Crippen molar-refractivity contribution >= 4 is 30.8 Å². The maximum Gasteiger partial charge on any atom is 0.319 e. The minimum Gasteiger partial charge on any atom is -0.331 e. The maximum atomic E-state index is 11.4. The Labute approximate surface area is 97.6 Å². The molecule has 6 heteroatoms. The van der Waals surface area contributed by atoms with E-state index in [0.717, 1.165) is 25.9 Å². The number of amides is 2. The van der Waals surface area contributed by atoms with Gasteiger partial charge in [0.05, 0.1) is 0 Å². The van der Waals surface area contributed by atoms with Crippen molar-refractivity contribution in [2.75, 3.05) is 27.2 Å². The number of nitrogens with zero attached hydrogens (tertiary/aromatic N) is 2. The first kappa shape index (κ1) is 16.2. The molecule has 0 aromatic carbocycles. The molecular weight excluding hydrogens is 225 g/mol. The van der Waals surface area contributed by atoms with Crippen molar-refractivity contribution < 1.29 is 4.79 Å². The second-order valence-electron chi connectivity index (χ2n) is 3.50. The molecule has 0 aliphatic carbocycles. The number of piperidine rings is 1. The Morgan fingerprint density at radius 2 is 1.71 bits per heavy atom. The van der Waals surface area contributed by atoms with Gasteiger partial charge in [-0.25, -0.2) is 4.79 Å². The molecule has 0 aromatic rings. The number of urea groups is 1. The van der Waals surface area contributed by atoms with E-state index in [4.69, 9.17) is 5.73 Å². The lowest BCUT2D eigenvalue weighted by atomic mass is 10.1. The largest absolute Gasteiger partial charge is 0.331 e. The van der Waals surface area contributed by atoms with Gasteiger partial charge in [0, 0.05) is 33.2 Å². The average molecular weight is 244 g/mol. The molecule has 0 spiro atoms. The number of rotatable bonds is 0. The lowest BCUT2D eigenvalue weighted by molar-refractivity contribution is 0.157. The SMILES string of the molecule is CN(C)C(=O)N1CCC(N)CC1.Cl.Cl. The molecule has 0 unspecified atom stereocenters. The molecule has 1 saturated heterocycles. The van der Waals surface area contributed by atoms with Crippen molar-refractivity contribution in [3.8, 4) is 0 Å². The van der Waals surface area contributed by atoms with E-state index in [-0.39, 0.29) is 36.9 Å². The van der Waals surface area contributed by atoms with Crippen LogP contribution in [0.5, 0.6) is 0 Å². The number of likely N-dealkylation sites (tertiary alicyclic amines) is 1. The molecule has 1 aliphatic rings. The molecule has 1 fully saturated rings. The topological polar surface area (TPSA) is 49.6 Å². The van der Waals surface area contributed by atoms with Crippen molar-refractivity contribution in [1.82, 2.24) is 9.80 Å². The van der Waals surface area contributed by atoms with Crippen molar-refractivity contribution in [2.24, 2.45) is 5.73 Å². The zero-order chi connectivity index (χ0) is 9.14. The van der Waals surface area contributed by atoms with Crippen LogP contribution in [0.25, 0.3) is 0 Å². The highest BCUT2D eigenvalue weighted by atomic mass is 35.5. The Hall–Kier alpha value is -0.190. The molecule has 0 atom stereocenters. The Balaban J connectivity index is 0. The second-order valence-corrected chi connectivity index (χ2v) is 3.50. The monoisotopic (exact) mass is 243 g/mol. The lowest BCUT2D eigenvalue weighted by Crippen LogP contribution is -2.46. The third-order valence-corrected chi connectivity index (χ3v) is 2.19. The third-order valence-electron chi connectivity index (χ3n) is 2.19. The summed E-state index contributed by atoms with van der Waals surface area (Å²) in [5, 5.41) is 0. The van der Waals surface area contributed by atoms with Gasteiger partial charge in [-0.15, -0.1) is 24.8 Å². The molecule has 4 nitrogen and oxygen atoms in total. The zero-order valence-corrected chi connectivity index (χ0v) is 10.2. The summed E-state index contributed by atoms with van der Waals surface area (Å²) in [5.74, 6) is 0. The van der Waals surface area contributed by atoms with Crippen LogP contribution in [-0.4, -0.2) is 49.1 Å². The lowest BCUT2D eigenvalue weighted by Gasteiger charge is -2.32. The summed E-state index contributed by atoms with van der Waals surface area (Å²) in [6.07, 6.45) is 1.86. The van der Waals surface area contributed by atoms with Gasteiger partial charge in [0.2, 0.25) is 0 Å². The van der Waals surface area contributed by atoms with Crippen LogP contribution in [0, 0.1) is 0 Å². The summed E-state index contributed by atoms with van der Waals surface area (Å²) < 4.78 is 0. The maximum absolute atomic E-state index is 11.4. The first-order chi connectivity index (χ1) is 5.61. The molecule has 0 aromatic heterocycles. The average Bonchev–Trinajstić information content (AvgIpc) is 2.04. The van der Waals surface area contributed by atoms with Crippen molar-refractivity contribution in [3.05, 3.63) is 0 Å². The highest BCUT2D eigenvalue weighted by molar-refractivity contribution is 5.85. The number of halogens is 2. The highest BCUT2D eigenvalue weighted by Gasteiger charge is 2.21. The third kappa shape index (κ3) is 4.35. The Kier molecular flexibility index (Phi) is 8.30. The van der Waals surface area contributed by atoms with E-state index in [0.29, 0.717) is 0 Å². The Morgan fingerprint density at radius 3 is 2.07 bits per heavy atom. The smallest absolute Gasteiger partial charge is 0.319 e. The fourth-order valence-corrected chi connectivity index (χ4v) is 1.37. The van der Waals surface area contributed by atoms with Crippen molar-refractivity contribution in [3.63, 3.8) is 0 Å². The first-order valence-electron chi connectivity index (χ1n) is 4.33. The van der Waals surface area contributed by atoms with E-state index >= 15 is 0 Å². The molecule has 2 N–H and O–H groups in total. The van der Waals surface area contributed by atoms with Gasteiger partial charge in [-0.05, 0) is 12.8 Å². The van der Waals surface area contributed by atoms with Crippen molar-refractivity contribution in [2.45, 2.75) is 18.9 Å². The van der Waals surface area contributed by atoms with Crippen LogP contribution in [-0.2, 0) is 0 Å². The normalized spacial score (nSPS) is 16.6. The van der Waals surface area contributed by atoms with E-state index in [1.165, 1.54) is 0 Å². The van der Waals surface area contributed by atoms with Crippen LogP contribution >= 0.6 is 24.8 Å². The number of carbonyl (C=O) groups is 1. The van der Waals surface area contributed by atoms with Crippen LogP contribution < -0.4 is 5.73 Å².